The number of nitrogens with one attached hydrogen (secondary N) is 1. The Morgan fingerprint density at radius 2 is 2.57 bits per heavy atom. The van der Waals surface area contributed by atoms with Gasteiger partial charge in [-0.1, -0.05) is 13.3 Å². The Balaban J connectivity index is 3.12. The first-order chi connectivity index (χ1) is 3.81. The van der Waals surface area contributed by atoms with E-state index in [0.717, 1.165) is 18.6 Å². The van der Waals surface area contributed by atoms with Gasteiger partial charge in [0.05, 0.1) is 0 Å². The van der Waals surface area contributed by atoms with Crippen molar-refractivity contribution >= 4 is 5.71 Å². The van der Waals surface area contributed by atoms with Crippen molar-refractivity contribution in [2.45, 2.75) is 33.1 Å². The molecule has 0 fully saturated rings. The summed E-state index contributed by atoms with van der Waals surface area (Å²) in [6.45, 7) is 4.03. The molecule has 0 atom stereocenters. The molecule has 0 radical (unpaired) electrons. The van der Waals surface area contributed by atoms with Gasteiger partial charge >= 0.3 is 0 Å². The third-order valence-electron chi connectivity index (χ3n) is 0.892. The maximum atomic E-state index is 6.58. The van der Waals surface area contributed by atoms with Crippen LogP contribution in [0.5, 0.6) is 0 Å². The van der Waals surface area contributed by atoms with Crippen LogP contribution in [0.1, 0.15) is 33.1 Å². The molecular weight excluding hydrogens is 86.1 g/mol. The molecule has 1 N–H and O–H groups in total. The van der Waals surface area contributed by atoms with Crippen LogP contribution in [-0.4, -0.2) is 5.71 Å². The first-order valence-electron chi connectivity index (χ1n) is 3.23. The minimum Gasteiger partial charge on any atom is -0.310 e. The topological polar surface area (TPSA) is 23.9 Å². The van der Waals surface area contributed by atoms with E-state index in [-0.39, 0.29) is 0 Å². The van der Waals surface area contributed by atoms with E-state index in [4.69, 9.17) is 1.41 Å². The fourth-order valence-corrected chi connectivity index (χ4v) is 0.433. The second-order valence-electron chi connectivity index (χ2n) is 1.84. The molecule has 0 saturated heterocycles. The highest BCUT2D eigenvalue weighted by Crippen LogP contribution is 1.93. The van der Waals surface area contributed by atoms with Crippen molar-refractivity contribution in [1.82, 2.24) is 0 Å². The molecule has 1 heteroatoms. The second kappa shape index (κ2) is 3.85. The van der Waals surface area contributed by atoms with Crippen LogP contribution in [0.25, 0.3) is 0 Å². The number of unbranched alkanes of at least 4 members (excludes halogenated alkanes) is 1. The van der Waals surface area contributed by atoms with E-state index < -0.39 is 0 Å². The summed E-state index contributed by atoms with van der Waals surface area (Å²) in [7, 11) is 0. The quantitative estimate of drug-likeness (QED) is 0.527. The minimum absolute atomic E-state index is 0.937. The van der Waals surface area contributed by atoms with Crippen molar-refractivity contribution in [2.24, 2.45) is 0 Å². The molecule has 0 rings (SSSR count). The highest BCUT2D eigenvalue weighted by Gasteiger charge is 1.83. The standard InChI is InChI=1S/C6H13N/c1-3-4-5-6(2)7/h7H,3-5H2,1-2H3/i/hT. The Bertz CT molecular complexity index is 78.6. The van der Waals surface area contributed by atoms with E-state index >= 15 is 0 Å². The zero-order chi connectivity index (χ0) is 6.41. The van der Waals surface area contributed by atoms with Crippen molar-refractivity contribution in [1.29, 1.82) is 5.40 Å². The van der Waals surface area contributed by atoms with E-state index in [1.807, 2.05) is 6.92 Å². The molecule has 0 heterocycles. The lowest BCUT2D eigenvalue weighted by molar-refractivity contribution is 0.830. The molecule has 0 aromatic rings. The summed E-state index contributed by atoms with van der Waals surface area (Å²) in [5, 5.41) is 3.29. The summed E-state index contributed by atoms with van der Waals surface area (Å²) >= 11 is 0. The fourth-order valence-electron chi connectivity index (χ4n) is 0.433. The molecule has 0 aromatic heterocycles. The highest BCUT2D eigenvalue weighted by atomic mass is 14.4. The molecule has 0 bridgehead atoms. The van der Waals surface area contributed by atoms with Crippen molar-refractivity contribution in [3.8, 4) is 0 Å². The van der Waals surface area contributed by atoms with Gasteiger partial charge < -0.3 is 5.40 Å². The summed E-state index contributed by atoms with van der Waals surface area (Å²) < 4.78 is 6.58. The van der Waals surface area contributed by atoms with Gasteiger partial charge in [-0.05, 0) is 19.8 Å². The monoisotopic (exact) mass is 101 g/mol. The normalized spacial score (nSPS) is 14.0. The zero-order valence-electron chi connectivity index (χ0n) is 6.07. The number of hydrogen-bond acceptors (Lipinski definition) is 1. The molecule has 0 spiro atoms. The molecule has 0 aliphatic heterocycles. The van der Waals surface area contributed by atoms with E-state index in [1.165, 1.54) is 6.42 Å². The molecule has 0 amide bonds. The Morgan fingerprint density at radius 3 is 3.00 bits per heavy atom. The Labute approximate surface area is 46.7 Å². The molecule has 0 aromatic carbocycles. The van der Waals surface area contributed by atoms with Crippen molar-refractivity contribution in [3.05, 3.63) is 0 Å². The van der Waals surface area contributed by atoms with Crippen LogP contribution < -0.4 is 0 Å². The average Bonchev–Trinajstić information content (AvgIpc) is 1.83. The van der Waals surface area contributed by atoms with E-state index in [1.54, 1.807) is 0 Å². The van der Waals surface area contributed by atoms with Crippen molar-refractivity contribution in [2.75, 3.05) is 0 Å². The first-order valence-corrected chi connectivity index (χ1v) is 2.78. The SMILES string of the molecule is [3H]N=C(C)CCCC. The lowest BCUT2D eigenvalue weighted by atomic mass is 10.2. The summed E-state index contributed by atoms with van der Waals surface area (Å²) in [5.74, 6) is 0. The van der Waals surface area contributed by atoms with Gasteiger partial charge in [-0.3, -0.25) is 0 Å². The molecular formula is C6H13N. The smallest absolute Gasteiger partial charge is 0.187 e. The average molecular weight is 101 g/mol. The van der Waals surface area contributed by atoms with E-state index in [9.17, 15) is 0 Å². The Morgan fingerprint density at radius 1 is 1.86 bits per heavy atom. The van der Waals surface area contributed by atoms with Crippen molar-refractivity contribution < 1.29 is 1.41 Å². The predicted octanol–water partition coefficient (Wildman–Crippen LogP) is 2.22. The molecule has 0 aliphatic rings. The summed E-state index contributed by atoms with van der Waals surface area (Å²) in [6.07, 6.45) is 3.33. The fraction of sp³-hybridized carbons (Fsp3) is 0.833. The predicted molar refractivity (Wildman–Crippen MR) is 32.9 cm³/mol. The maximum Gasteiger partial charge on any atom is 0.187 e. The summed E-state index contributed by atoms with van der Waals surface area (Å²) in [4.78, 5) is 0. The third-order valence-corrected chi connectivity index (χ3v) is 0.892. The lowest BCUT2D eigenvalue weighted by Gasteiger charge is -1.90. The maximum absolute atomic E-state index is 6.58. The van der Waals surface area contributed by atoms with Crippen LogP contribution in [0, 0.1) is 5.40 Å². The first kappa shape index (κ1) is 4.82. The molecule has 42 valence electrons. The lowest BCUT2D eigenvalue weighted by Crippen LogP contribution is -1.85. The van der Waals surface area contributed by atoms with Gasteiger partial charge in [-0.15, -0.1) is 0 Å². The van der Waals surface area contributed by atoms with Gasteiger partial charge in [0.25, 0.3) is 0 Å². The second-order valence-corrected chi connectivity index (χ2v) is 1.84. The van der Waals surface area contributed by atoms with Crippen LogP contribution in [0.4, 0.5) is 0 Å². The number of rotatable bonds is 3. The van der Waals surface area contributed by atoms with E-state index in [0.29, 0.717) is 0 Å². The molecule has 7 heavy (non-hydrogen) atoms. The molecule has 0 saturated carbocycles. The van der Waals surface area contributed by atoms with E-state index in [2.05, 4.69) is 12.3 Å². The van der Waals surface area contributed by atoms with Gasteiger partial charge in [-0.25, -0.2) is 0 Å². The van der Waals surface area contributed by atoms with Gasteiger partial charge in [0.15, 0.2) is 1.41 Å². The van der Waals surface area contributed by atoms with Gasteiger partial charge in [0.2, 0.25) is 0 Å². The highest BCUT2D eigenvalue weighted by molar-refractivity contribution is 5.78. The van der Waals surface area contributed by atoms with Crippen LogP contribution in [-0.2, 0) is 0 Å². The summed E-state index contributed by atoms with van der Waals surface area (Å²) in [6, 6.07) is 0. The van der Waals surface area contributed by atoms with Gasteiger partial charge in [0, 0.05) is 5.71 Å². The number of hydrogen-bond donors (Lipinski definition) is 1. The van der Waals surface area contributed by atoms with Gasteiger partial charge in [0.1, 0.15) is 0 Å². The van der Waals surface area contributed by atoms with Crippen LogP contribution >= 0.6 is 0 Å². The van der Waals surface area contributed by atoms with Crippen LogP contribution in [0.3, 0.4) is 0 Å². The van der Waals surface area contributed by atoms with Crippen LogP contribution in [0.2, 0.25) is 1.41 Å². The molecule has 0 aliphatic carbocycles. The van der Waals surface area contributed by atoms with Crippen molar-refractivity contribution in [3.63, 3.8) is 0 Å². The van der Waals surface area contributed by atoms with Gasteiger partial charge in [-0.2, -0.15) is 0 Å². The molecule has 0 unspecified atom stereocenters. The zero-order valence-corrected chi connectivity index (χ0v) is 5.07. The molecule has 1 nitrogen and oxygen atoms in total. The van der Waals surface area contributed by atoms with Crippen LogP contribution in [0.15, 0.2) is 0 Å². The Hall–Kier alpha value is -0.330. The third kappa shape index (κ3) is 5.67. The largest absolute Gasteiger partial charge is 0.310 e. The Kier molecular flexibility index (Phi) is 2.65. The minimum atomic E-state index is 0.937. The summed E-state index contributed by atoms with van der Waals surface area (Å²) in [5.41, 5.74) is 0.937.